The third kappa shape index (κ3) is 2.39. The molecule has 4 rings (SSSR count). The maximum Gasteiger partial charge on any atom is 0.147 e. The predicted molar refractivity (Wildman–Crippen MR) is 78.2 cm³/mol. The van der Waals surface area contributed by atoms with Gasteiger partial charge in [0, 0.05) is 25.7 Å². The van der Waals surface area contributed by atoms with Crippen LogP contribution in [0.5, 0.6) is 0 Å². The maximum atomic E-state index is 4.57. The molecule has 2 aliphatic rings. The van der Waals surface area contributed by atoms with Gasteiger partial charge in [0.15, 0.2) is 0 Å². The van der Waals surface area contributed by atoms with Crippen LogP contribution in [-0.2, 0) is 19.6 Å². The van der Waals surface area contributed by atoms with Gasteiger partial charge in [0.2, 0.25) is 0 Å². The Morgan fingerprint density at radius 2 is 1.80 bits per heavy atom. The minimum Gasteiger partial charge on any atom is -0.347 e. The van der Waals surface area contributed by atoms with E-state index in [2.05, 4.69) is 44.5 Å². The average Bonchev–Trinajstić information content (AvgIpc) is 3.22. The Balaban J connectivity index is 1.44. The highest BCUT2D eigenvalue weighted by Crippen LogP contribution is 2.26. The molecule has 4 nitrogen and oxygen atoms in total. The number of nitrogens with one attached hydrogen (secondary N) is 1. The van der Waals surface area contributed by atoms with Crippen molar-refractivity contribution in [1.82, 2.24) is 15.3 Å². The number of fused-ring (bicyclic) bond motifs is 1. The molecule has 1 N–H and O–H groups in total. The van der Waals surface area contributed by atoms with E-state index < -0.39 is 0 Å². The fourth-order valence-electron chi connectivity index (χ4n) is 2.63. The first-order chi connectivity index (χ1) is 9.88. The number of anilines is 1. The summed E-state index contributed by atoms with van der Waals surface area (Å²) in [4.78, 5) is 11.4. The summed E-state index contributed by atoms with van der Waals surface area (Å²) in [5.41, 5.74) is 3.82. The van der Waals surface area contributed by atoms with Crippen molar-refractivity contribution in [2.75, 3.05) is 4.90 Å². The fraction of sp³-hybridized carbons (Fsp3) is 0.375. The molecular weight excluding hydrogens is 248 g/mol. The van der Waals surface area contributed by atoms with Crippen LogP contribution >= 0.6 is 0 Å². The first kappa shape index (κ1) is 11.9. The summed E-state index contributed by atoms with van der Waals surface area (Å²) in [7, 11) is 0. The Morgan fingerprint density at radius 1 is 1.05 bits per heavy atom. The Labute approximate surface area is 118 Å². The predicted octanol–water partition coefficient (Wildman–Crippen LogP) is 2.25. The summed E-state index contributed by atoms with van der Waals surface area (Å²) in [6, 6.07) is 9.29. The molecule has 0 radical (unpaired) electrons. The molecule has 1 aromatic heterocycles. The summed E-state index contributed by atoms with van der Waals surface area (Å²) < 4.78 is 0. The van der Waals surface area contributed by atoms with Crippen LogP contribution in [0, 0.1) is 0 Å². The number of hydrogen-bond acceptors (Lipinski definition) is 4. The smallest absolute Gasteiger partial charge is 0.147 e. The first-order valence-electron chi connectivity index (χ1n) is 7.24. The van der Waals surface area contributed by atoms with Crippen molar-refractivity contribution < 1.29 is 0 Å². The second kappa shape index (κ2) is 4.87. The summed E-state index contributed by atoms with van der Waals surface area (Å²) in [6.45, 7) is 2.70. The molecule has 2 heterocycles. The van der Waals surface area contributed by atoms with E-state index in [4.69, 9.17) is 0 Å². The van der Waals surface area contributed by atoms with Gasteiger partial charge in [-0.15, -0.1) is 0 Å². The quantitative estimate of drug-likeness (QED) is 0.921. The molecule has 102 valence electrons. The largest absolute Gasteiger partial charge is 0.347 e. The zero-order valence-electron chi connectivity index (χ0n) is 11.4. The second-order valence-corrected chi connectivity index (χ2v) is 5.65. The van der Waals surface area contributed by atoms with E-state index in [1.165, 1.54) is 24.0 Å². The fourth-order valence-corrected chi connectivity index (χ4v) is 2.63. The van der Waals surface area contributed by atoms with Crippen LogP contribution in [0.1, 0.15) is 29.7 Å². The molecule has 1 aliphatic carbocycles. The lowest BCUT2D eigenvalue weighted by Crippen LogP contribution is -2.19. The summed E-state index contributed by atoms with van der Waals surface area (Å²) in [5.74, 6) is 0.969. The van der Waals surface area contributed by atoms with Crippen molar-refractivity contribution in [1.29, 1.82) is 0 Å². The monoisotopic (exact) mass is 266 g/mol. The highest BCUT2D eigenvalue weighted by Gasteiger charge is 2.21. The normalized spacial score (nSPS) is 17.3. The van der Waals surface area contributed by atoms with E-state index >= 15 is 0 Å². The minimum atomic E-state index is 0.713. The molecular formula is C16H18N4. The van der Waals surface area contributed by atoms with Crippen molar-refractivity contribution in [2.45, 2.75) is 38.5 Å². The Hall–Kier alpha value is -1.94. The van der Waals surface area contributed by atoms with Gasteiger partial charge in [-0.25, -0.2) is 4.98 Å². The lowest BCUT2D eigenvalue weighted by molar-refractivity contribution is 0.670. The first-order valence-corrected chi connectivity index (χ1v) is 7.24. The number of hydrogen-bond donors (Lipinski definition) is 1. The number of rotatable bonds is 4. The lowest BCUT2D eigenvalue weighted by atomic mass is 10.1. The number of nitrogens with zero attached hydrogens (tertiary/aromatic N) is 3. The molecule has 1 aliphatic heterocycles. The minimum absolute atomic E-state index is 0.713. The van der Waals surface area contributed by atoms with Gasteiger partial charge in [-0.3, -0.25) is 4.98 Å². The van der Waals surface area contributed by atoms with Gasteiger partial charge >= 0.3 is 0 Å². The molecule has 4 heteroatoms. The zero-order chi connectivity index (χ0) is 13.4. The highest BCUT2D eigenvalue weighted by molar-refractivity contribution is 5.45. The van der Waals surface area contributed by atoms with Crippen LogP contribution < -0.4 is 10.2 Å². The molecule has 1 aromatic carbocycles. The standard InChI is InChI=1S/C16H18N4/c1-2-4-13-11-20(10-12(13)3-1)16-9-18-15(8-19-16)7-17-14-5-6-14/h1-4,8-9,14,17H,5-7,10-11H2. The summed E-state index contributed by atoms with van der Waals surface area (Å²) >= 11 is 0. The molecule has 1 saturated carbocycles. The molecule has 20 heavy (non-hydrogen) atoms. The van der Waals surface area contributed by atoms with Crippen molar-refractivity contribution >= 4 is 5.82 Å². The summed E-state index contributed by atoms with van der Waals surface area (Å²) in [6.07, 6.45) is 6.40. The average molecular weight is 266 g/mol. The van der Waals surface area contributed by atoms with E-state index in [9.17, 15) is 0 Å². The Bertz CT molecular complexity index is 579. The zero-order valence-corrected chi connectivity index (χ0v) is 11.4. The van der Waals surface area contributed by atoms with Gasteiger partial charge in [-0.2, -0.15) is 0 Å². The van der Waals surface area contributed by atoms with E-state index in [0.29, 0.717) is 6.04 Å². The third-order valence-electron chi connectivity index (χ3n) is 4.01. The highest BCUT2D eigenvalue weighted by atomic mass is 15.2. The number of benzene rings is 1. The Morgan fingerprint density at radius 3 is 2.40 bits per heavy atom. The van der Waals surface area contributed by atoms with E-state index in [-0.39, 0.29) is 0 Å². The van der Waals surface area contributed by atoms with E-state index in [0.717, 1.165) is 31.1 Å². The van der Waals surface area contributed by atoms with Crippen LogP contribution in [0.3, 0.4) is 0 Å². The van der Waals surface area contributed by atoms with Crippen LogP contribution in [0.25, 0.3) is 0 Å². The topological polar surface area (TPSA) is 41.1 Å². The molecule has 1 fully saturated rings. The van der Waals surface area contributed by atoms with Crippen molar-refractivity contribution in [3.8, 4) is 0 Å². The molecule has 0 bridgehead atoms. The Kier molecular flexibility index (Phi) is 2.89. The second-order valence-electron chi connectivity index (χ2n) is 5.65. The molecule has 0 amide bonds. The van der Waals surface area contributed by atoms with Crippen LogP contribution in [-0.4, -0.2) is 16.0 Å². The van der Waals surface area contributed by atoms with Gasteiger partial charge in [0.25, 0.3) is 0 Å². The summed E-state index contributed by atoms with van der Waals surface area (Å²) in [5, 5.41) is 3.46. The molecule has 0 spiro atoms. The molecule has 0 atom stereocenters. The van der Waals surface area contributed by atoms with Crippen LogP contribution in [0.15, 0.2) is 36.7 Å². The van der Waals surface area contributed by atoms with Crippen LogP contribution in [0.4, 0.5) is 5.82 Å². The van der Waals surface area contributed by atoms with Gasteiger partial charge in [0.05, 0.1) is 18.1 Å². The molecule has 0 unspecified atom stereocenters. The van der Waals surface area contributed by atoms with Crippen molar-refractivity contribution in [3.63, 3.8) is 0 Å². The molecule has 0 saturated heterocycles. The van der Waals surface area contributed by atoms with Gasteiger partial charge in [-0.05, 0) is 24.0 Å². The van der Waals surface area contributed by atoms with E-state index in [1.54, 1.807) is 0 Å². The van der Waals surface area contributed by atoms with Crippen molar-refractivity contribution in [2.24, 2.45) is 0 Å². The maximum absolute atomic E-state index is 4.57. The van der Waals surface area contributed by atoms with Crippen LogP contribution in [0.2, 0.25) is 0 Å². The molecule has 2 aromatic rings. The lowest BCUT2D eigenvalue weighted by Gasteiger charge is -2.16. The van der Waals surface area contributed by atoms with Gasteiger partial charge in [0.1, 0.15) is 5.82 Å². The number of aromatic nitrogens is 2. The van der Waals surface area contributed by atoms with Gasteiger partial charge in [-0.1, -0.05) is 24.3 Å². The van der Waals surface area contributed by atoms with Gasteiger partial charge < -0.3 is 10.2 Å². The SMILES string of the molecule is c1ccc2c(c1)CN(c1cnc(CNC3CC3)cn1)C2. The van der Waals surface area contributed by atoms with E-state index in [1.807, 2.05) is 12.4 Å². The third-order valence-corrected chi connectivity index (χ3v) is 4.01. The van der Waals surface area contributed by atoms with Crippen molar-refractivity contribution in [3.05, 3.63) is 53.5 Å².